The van der Waals surface area contributed by atoms with Crippen molar-refractivity contribution in [2.45, 2.75) is 32.1 Å². The summed E-state index contributed by atoms with van der Waals surface area (Å²) in [6, 6.07) is 13.7. The van der Waals surface area contributed by atoms with Gasteiger partial charge in [0.1, 0.15) is 23.9 Å². The number of nitrogens with one attached hydrogen (secondary N) is 3. The highest BCUT2D eigenvalue weighted by Crippen LogP contribution is 2.19. The predicted octanol–water partition coefficient (Wildman–Crippen LogP) is 3.47. The van der Waals surface area contributed by atoms with Crippen molar-refractivity contribution in [3.63, 3.8) is 0 Å². The number of alkyl carbamates (subject to hydrolysis) is 1. The molecule has 174 valence electrons. The third kappa shape index (κ3) is 7.23. The van der Waals surface area contributed by atoms with Crippen LogP contribution < -0.4 is 16.1 Å². The van der Waals surface area contributed by atoms with Crippen LogP contribution >= 0.6 is 11.6 Å². The van der Waals surface area contributed by atoms with E-state index in [0.29, 0.717) is 5.56 Å². The molecule has 1 aliphatic heterocycles. The summed E-state index contributed by atoms with van der Waals surface area (Å²) in [6.07, 6.45) is -0.0493. The highest BCUT2D eigenvalue weighted by Gasteiger charge is 2.28. The largest absolute Gasteiger partial charge is 0.462 e. The first-order chi connectivity index (χ1) is 16.4. The number of benzene rings is 2. The number of anilines is 1. The standard InChI is InChI=1S/C23H24ClN3O6/c1-2-31-22(29)17-10-6-7-11-18(17)25-21(28)19(12-16-13-20(24)27-33-16)26-23(30)32-14-15-8-4-3-5-9-15/h3-11,13,16,19,27H,2,12,14H2,1H3,(H,25,28)(H,26,30)/t16?,19-/m0/s1/i14D/t14?,16?,19-. The lowest BCUT2D eigenvalue weighted by atomic mass is 10.1. The fourth-order valence-corrected chi connectivity index (χ4v) is 3.16. The highest BCUT2D eigenvalue weighted by atomic mass is 35.5. The van der Waals surface area contributed by atoms with Gasteiger partial charge in [-0.15, -0.1) is 0 Å². The lowest BCUT2D eigenvalue weighted by Crippen LogP contribution is -2.46. The van der Waals surface area contributed by atoms with Gasteiger partial charge in [0.25, 0.3) is 0 Å². The Labute approximate surface area is 197 Å². The minimum absolute atomic E-state index is 0.000268. The van der Waals surface area contributed by atoms with E-state index in [2.05, 4.69) is 16.1 Å². The van der Waals surface area contributed by atoms with Crippen molar-refractivity contribution in [1.29, 1.82) is 0 Å². The quantitative estimate of drug-likeness (QED) is 0.376. The molecule has 2 unspecified atom stereocenters. The van der Waals surface area contributed by atoms with Crippen LogP contribution in [0.3, 0.4) is 0 Å². The van der Waals surface area contributed by atoms with Crippen LogP contribution in [-0.4, -0.2) is 36.7 Å². The van der Waals surface area contributed by atoms with Crippen molar-refractivity contribution in [3.8, 4) is 0 Å². The van der Waals surface area contributed by atoms with Crippen molar-refractivity contribution >= 4 is 35.3 Å². The molecule has 1 aliphatic rings. The Bertz CT molecular complexity index is 1050. The van der Waals surface area contributed by atoms with Gasteiger partial charge in [-0.05, 0) is 30.7 Å². The first kappa shape index (κ1) is 22.6. The number of ether oxygens (including phenoxy) is 2. The van der Waals surface area contributed by atoms with Gasteiger partial charge in [0.2, 0.25) is 5.91 Å². The van der Waals surface area contributed by atoms with E-state index in [9.17, 15) is 14.4 Å². The number of amides is 2. The van der Waals surface area contributed by atoms with E-state index in [-0.39, 0.29) is 29.4 Å². The third-order valence-corrected chi connectivity index (χ3v) is 4.70. The predicted molar refractivity (Wildman–Crippen MR) is 121 cm³/mol. The zero-order chi connectivity index (χ0) is 24.5. The summed E-state index contributed by atoms with van der Waals surface area (Å²) < 4.78 is 18.2. The van der Waals surface area contributed by atoms with Crippen molar-refractivity contribution in [3.05, 3.63) is 77.0 Å². The number of carbonyl (C=O) groups is 3. The molecule has 2 aromatic rings. The van der Waals surface area contributed by atoms with E-state index in [1.807, 2.05) is 0 Å². The van der Waals surface area contributed by atoms with Gasteiger partial charge >= 0.3 is 12.1 Å². The molecule has 3 rings (SSSR count). The molecule has 0 radical (unpaired) electrons. The Morgan fingerprint density at radius 3 is 2.58 bits per heavy atom. The van der Waals surface area contributed by atoms with Crippen LogP contribution in [0.4, 0.5) is 10.5 Å². The van der Waals surface area contributed by atoms with Gasteiger partial charge in [-0.25, -0.2) is 9.59 Å². The van der Waals surface area contributed by atoms with E-state index in [4.69, 9.17) is 27.3 Å². The van der Waals surface area contributed by atoms with Crippen LogP contribution in [-0.2, 0) is 25.7 Å². The molecule has 3 atom stereocenters. The molecule has 0 fully saturated rings. The monoisotopic (exact) mass is 474 g/mol. The molecular weight excluding hydrogens is 450 g/mol. The average molecular weight is 475 g/mol. The number of rotatable bonds is 9. The van der Waals surface area contributed by atoms with Crippen molar-refractivity contribution in [2.75, 3.05) is 11.9 Å². The second-order valence-corrected chi connectivity index (χ2v) is 7.30. The number of para-hydroxylation sites is 1. The maximum Gasteiger partial charge on any atom is 0.408 e. The fourth-order valence-electron chi connectivity index (χ4n) is 2.97. The van der Waals surface area contributed by atoms with E-state index < -0.39 is 36.7 Å². The summed E-state index contributed by atoms with van der Waals surface area (Å²) in [5.74, 6) is -1.23. The molecule has 2 aromatic carbocycles. The zero-order valence-electron chi connectivity index (χ0n) is 18.7. The number of hydrogen-bond acceptors (Lipinski definition) is 7. The summed E-state index contributed by atoms with van der Waals surface area (Å²) in [5.41, 5.74) is 3.32. The molecule has 0 saturated heterocycles. The van der Waals surface area contributed by atoms with Crippen molar-refractivity contribution in [2.24, 2.45) is 0 Å². The Kier molecular flexibility index (Phi) is 8.15. The van der Waals surface area contributed by atoms with E-state index >= 15 is 0 Å². The van der Waals surface area contributed by atoms with Crippen LogP contribution in [0.15, 0.2) is 65.8 Å². The molecule has 10 heteroatoms. The summed E-state index contributed by atoms with van der Waals surface area (Å²) in [6.45, 7) is 0.563. The average Bonchev–Trinajstić information content (AvgIpc) is 3.24. The Hall–Kier alpha value is -3.56. The zero-order valence-corrected chi connectivity index (χ0v) is 18.5. The van der Waals surface area contributed by atoms with Gasteiger partial charge < -0.3 is 20.1 Å². The highest BCUT2D eigenvalue weighted by molar-refractivity contribution is 6.29. The molecule has 0 spiro atoms. The van der Waals surface area contributed by atoms with Gasteiger partial charge in [0.15, 0.2) is 0 Å². The molecule has 2 amide bonds. The van der Waals surface area contributed by atoms with E-state index in [1.165, 1.54) is 6.07 Å². The Morgan fingerprint density at radius 1 is 1.15 bits per heavy atom. The Morgan fingerprint density at radius 2 is 1.88 bits per heavy atom. The number of halogens is 1. The molecule has 3 N–H and O–H groups in total. The molecule has 1 heterocycles. The minimum Gasteiger partial charge on any atom is -0.462 e. The molecule has 9 nitrogen and oxygen atoms in total. The van der Waals surface area contributed by atoms with E-state index in [1.54, 1.807) is 61.5 Å². The number of carbonyl (C=O) groups excluding carboxylic acids is 3. The normalized spacial score (nSPS) is 17.0. The van der Waals surface area contributed by atoms with Crippen LogP contribution in [0.25, 0.3) is 0 Å². The molecule has 0 aliphatic carbocycles. The van der Waals surface area contributed by atoms with Crippen LogP contribution in [0.2, 0.25) is 0 Å². The fraction of sp³-hybridized carbons (Fsp3) is 0.261. The number of hydrogen-bond donors (Lipinski definition) is 3. The topological polar surface area (TPSA) is 115 Å². The second-order valence-electron chi connectivity index (χ2n) is 6.89. The van der Waals surface area contributed by atoms with Crippen molar-refractivity contribution in [1.82, 2.24) is 10.8 Å². The van der Waals surface area contributed by atoms with Gasteiger partial charge in [-0.2, -0.15) is 0 Å². The first-order valence-electron chi connectivity index (χ1n) is 10.8. The molecule has 33 heavy (non-hydrogen) atoms. The number of hydroxylamine groups is 1. The van der Waals surface area contributed by atoms with Crippen LogP contribution in [0.1, 0.15) is 30.6 Å². The maximum absolute atomic E-state index is 13.1. The van der Waals surface area contributed by atoms with E-state index in [0.717, 1.165) is 0 Å². The first-order valence-corrected chi connectivity index (χ1v) is 10.6. The molecule has 0 aromatic heterocycles. The summed E-state index contributed by atoms with van der Waals surface area (Å²) >= 11 is 5.86. The van der Waals surface area contributed by atoms with Gasteiger partial charge in [0, 0.05) is 6.42 Å². The van der Waals surface area contributed by atoms with Crippen LogP contribution in [0, 0.1) is 0 Å². The summed E-state index contributed by atoms with van der Waals surface area (Å²) in [5, 5.41) is 5.35. The Balaban J connectivity index is 1.73. The SMILES string of the molecule is [2H]C(OC(=O)N[C@@H](CC1C=C(Cl)NO1)C(=O)Nc1ccccc1C(=O)OCC)c1ccccc1. The maximum atomic E-state index is 13.1. The second kappa shape index (κ2) is 11.9. The molecule has 0 saturated carbocycles. The summed E-state index contributed by atoms with van der Waals surface area (Å²) in [4.78, 5) is 43.1. The van der Waals surface area contributed by atoms with Crippen molar-refractivity contribution < 1.29 is 30.1 Å². The lowest BCUT2D eigenvalue weighted by molar-refractivity contribution is -0.119. The van der Waals surface area contributed by atoms with Gasteiger partial charge in [0.05, 0.1) is 19.2 Å². The molecular formula is C23H24ClN3O6. The number of esters is 1. The van der Waals surface area contributed by atoms with Gasteiger partial charge in [-0.1, -0.05) is 54.1 Å². The smallest absolute Gasteiger partial charge is 0.408 e. The third-order valence-electron chi connectivity index (χ3n) is 4.50. The van der Waals surface area contributed by atoms with Crippen LogP contribution in [0.5, 0.6) is 0 Å². The minimum atomic E-state index is -1.28. The summed E-state index contributed by atoms with van der Waals surface area (Å²) in [7, 11) is 0. The molecule has 0 bridgehead atoms. The lowest BCUT2D eigenvalue weighted by Gasteiger charge is -2.21. The van der Waals surface area contributed by atoms with Gasteiger partial charge in [-0.3, -0.25) is 15.1 Å².